The summed E-state index contributed by atoms with van der Waals surface area (Å²) in [6.45, 7) is 1.66. The third kappa shape index (κ3) is 4.10. The van der Waals surface area contributed by atoms with Crippen LogP contribution in [-0.4, -0.2) is 50.0 Å². The quantitative estimate of drug-likeness (QED) is 0.399. The molecule has 170 valence electrons. The number of nitrogens with zero attached hydrogens (tertiary/aromatic N) is 5. The van der Waals surface area contributed by atoms with E-state index in [-0.39, 0.29) is 11.4 Å². The van der Waals surface area contributed by atoms with Crippen LogP contribution in [0.1, 0.15) is 23.2 Å². The average Bonchev–Trinajstić information content (AvgIpc) is 3.52. The molecule has 1 amide bonds. The number of amides is 1. The van der Waals surface area contributed by atoms with Crippen LogP contribution in [0.3, 0.4) is 0 Å². The molecule has 1 aromatic carbocycles. The SMILES string of the molecule is COc1ccc(Cl)cc1-c1nn(CC2CCCN2)cc1NC(=O)c1c(N)nn2cccnc12. The highest BCUT2D eigenvalue weighted by atomic mass is 35.5. The number of hydrogen-bond acceptors (Lipinski definition) is 7. The number of carbonyl (C=O) groups excluding carboxylic acids is 1. The molecule has 1 aliphatic rings. The molecule has 1 saturated heterocycles. The second-order valence-electron chi connectivity index (χ2n) is 7.85. The molecule has 10 nitrogen and oxygen atoms in total. The number of nitrogen functional groups attached to an aromatic ring is 1. The molecular weight excluding hydrogens is 444 g/mol. The van der Waals surface area contributed by atoms with Crippen molar-refractivity contribution in [2.75, 3.05) is 24.7 Å². The lowest BCUT2D eigenvalue weighted by molar-refractivity contribution is 0.102. The van der Waals surface area contributed by atoms with Gasteiger partial charge in [-0.15, -0.1) is 5.10 Å². The molecule has 1 fully saturated rings. The number of hydrogen-bond donors (Lipinski definition) is 3. The summed E-state index contributed by atoms with van der Waals surface area (Å²) in [6, 6.07) is 7.32. The van der Waals surface area contributed by atoms with Crippen molar-refractivity contribution in [3.8, 4) is 17.0 Å². The summed E-state index contributed by atoms with van der Waals surface area (Å²) in [7, 11) is 1.58. The summed E-state index contributed by atoms with van der Waals surface area (Å²) in [5.41, 5.74) is 8.33. The molecule has 1 aliphatic heterocycles. The first kappa shape index (κ1) is 21.2. The smallest absolute Gasteiger partial charge is 0.263 e. The van der Waals surface area contributed by atoms with Crippen LogP contribution < -0.4 is 21.1 Å². The number of methoxy groups -OCH3 is 1. The summed E-state index contributed by atoms with van der Waals surface area (Å²) >= 11 is 6.27. The first-order valence-corrected chi connectivity index (χ1v) is 11.0. The van der Waals surface area contributed by atoms with Gasteiger partial charge in [0, 0.05) is 35.2 Å². The summed E-state index contributed by atoms with van der Waals surface area (Å²) in [6.07, 6.45) is 7.28. The molecule has 0 radical (unpaired) electrons. The normalized spacial score (nSPS) is 15.8. The topological polar surface area (TPSA) is 124 Å². The van der Waals surface area contributed by atoms with E-state index in [2.05, 4.69) is 20.7 Å². The van der Waals surface area contributed by atoms with Crippen molar-refractivity contribution in [3.05, 3.63) is 53.4 Å². The molecule has 3 aromatic heterocycles. The Kier molecular flexibility index (Phi) is 5.61. The van der Waals surface area contributed by atoms with Crippen LogP contribution in [0.5, 0.6) is 5.75 Å². The van der Waals surface area contributed by atoms with Gasteiger partial charge >= 0.3 is 0 Å². The van der Waals surface area contributed by atoms with Crippen LogP contribution >= 0.6 is 11.6 Å². The van der Waals surface area contributed by atoms with Crippen molar-refractivity contribution in [1.82, 2.24) is 29.7 Å². The van der Waals surface area contributed by atoms with Crippen LogP contribution in [0, 0.1) is 0 Å². The van der Waals surface area contributed by atoms with Gasteiger partial charge in [0.2, 0.25) is 0 Å². The van der Waals surface area contributed by atoms with Gasteiger partial charge in [0.25, 0.3) is 5.91 Å². The fraction of sp³-hybridized carbons (Fsp3) is 0.273. The zero-order valence-corrected chi connectivity index (χ0v) is 18.7. The first-order chi connectivity index (χ1) is 16.0. The highest BCUT2D eigenvalue weighted by molar-refractivity contribution is 6.31. The Balaban J connectivity index is 1.55. The Morgan fingerprint density at radius 2 is 2.27 bits per heavy atom. The second kappa shape index (κ2) is 8.72. The van der Waals surface area contributed by atoms with Gasteiger partial charge in [0.15, 0.2) is 11.5 Å². The Hall–Kier alpha value is -3.63. The van der Waals surface area contributed by atoms with E-state index in [0.29, 0.717) is 46.0 Å². The van der Waals surface area contributed by atoms with E-state index in [9.17, 15) is 4.79 Å². The largest absolute Gasteiger partial charge is 0.496 e. The van der Waals surface area contributed by atoms with Gasteiger partial charge in [0.05, 0.1) is 19.3 Å². The van der Waals surface area contributed by atoms with Crippen molar-refractivity contribution in [3.63, 3.8) is 0 Å². The number of fused-ring (bicyclic) bond motifs is 1. The van der Waals surface area contributed by atoms with Gasteiger partial charge in [-0.25, -0.2) is 9.50 Å². The number of ether oxygens (including phenoxy) is 1. The van der Waals surface area contributed by atoms with Gasteiger partial charge in [-0.1, -0.05) is 11.6 Å². The number of anilines is 2. The molecule has 5 rings (SSSR count). The summed E-state index contributed by atoms with van der Waals surface area (Å²) < 4.78 is 8.83. The minimum absolute atomic E-state index is 0.0932. The van der Waals surface area contributed by atoms with Crippen molar-refractivity contribution in [2.24, 2.45) is 0 Å². The van der Waals surface area contributed by atoms with E-state index >= 15 is 0 Å². The van der Waals surface area contributed by atoms with E-state index < -0.39 is 5.91 Å². The molecule has 4 N–H and O–H groups in total. The van der Waals surface area contributed by atoms with E-state index in [1.807, 2.05) is 10.9 Å². The second-order valence-corrected chi connectivity index (χ2v) is 8.29. The van der Waals surface area contributed by atoms with Crippen molar-refractivity contribution in [1.29, 1.82) is 0 Å². The van der Waals surface area contributed by atoms with Crippen LogP contribution in [0.25, 0.3) is 16.9 Å². The third-order valence-electron chi connectivity index (χ3n) is 5.65. The van der Waals surface area contributed by atoms with Crippen LogP contribution in [0.4, 0.5) is 11.5 Å². The van der Waals surface area contributed by atoms with Gasteiger partial charge in [-0.3, -0.25) is 9.48 Å². The lowest BCUT2D eigenvalue weighted by Crippen LogP contribution is -2.26. The monoisotopic (exact) mass is 466 g/mol. The molecule has 1 atom stereocenters. The summed E-state index contributed by atoms with van der Waals surface area (Å²) in [5.74, 6) is 0.258. The van der Waals surface area contributed by atoms with Crippen molar-refractivity contribution in [2.45, 2.75) is 25.4 Å². The Morgan fingerprint density at radius 3 is 3.06 bits per heavy atom. The number of benzene rings is 1. The molecule has 4 heterocycles. The number of carbonyl (C=O) groups is 1. The zero-order valence-electron chi connectivity index (χ0n) is 18.0. The lowest BCUT2D eigenvalue weighted by atomic mass is 10.1. The molecule has 0 saturated carbocycles. The molecule has 0 spiro atoms. The van der Waals surface area contributed by atoms with Crippen molar-refractivity contribution >= 4 is 34.7 Å². The van der Waals surface area contributed by atoms with E-state index in [0.717, 1.165) is 19.4 Å². The Bertz CT molecular complexity index is 1330. The van der Waals surface area contributed by atoms with E-state index in [1.54, 1.807) is 43.8 Å². The number of nitrogens with one attached hydrogen (secondary N) is 2. The van der Waals surface area contributed by atoms with E-state index in [1.165, 1.54) is 4.52 Å². The van der Waals surface area contributed by atoms with Gasteiger partial charge in [-0.2, -0.15) is 5.10 Å². The number of aromatic nitrogens is 5. The van der Waals surface area contributed by atoms with Crippen molar-refractivity contribution < 1.29 is 9.53 Å². The standard InChI is InChI=1S/C22H23ClN8O2/c1-33-17-6-5-13(23)10-15(17)19-16(12-30(28-19)11-14-4-2-7-25-14)27-22(32)18-20(24)29-31-9-3-8-26-21(18)31/h3,5-6,8-10,12,14,25H,2,4,7,11H2,1H3,(H2,24,29)(H,27,32). The minimum atomic E-state index is -0.429. The maximum atomic E-state index is 13.3. The molecule has 0 aliphatic carbocycles. The molecular formula is C22H23ClN8O2. The van der Waals surface area contributed by atoms with Crippen LogP contribution in [-0.2, 0) is 6.54 Å². The first-order valence-electron chi connectivity index (χ1n) is 10.6. The lowest BCUT2D eigenvalue weighted by Gasteiger charge is -2.10. The van der Waals surface area contributed by atoms with Crippen LogP contribution in [0.2, 0.25) is 5.02 Å². The van der Waals surface area contributed by atoms with Gasteiger partial charge in [0.1, 0.15) is 17.0 Å². The van der Waals surface area contributed by atoms with E-state index in [4.69, 9.17) is 27.2 Å². The maximum Gasteiger partial charge on any atom is 0.263 e. The molecule has 0 bridgehead atoms. The number of rotatable bonds is 6. The third-order valence-corrected chi connectivity index (χ3v) is 5.88. The van der Waals surface area contributed by atoms with Gasteiger partial charge < -0.3 is 21.1 Å². The summed E-state index contributed by atoms with van der Waals surface area (Å²) in [4.78, 5) is 17.5. The number of nitrogens with two attached hydrogens (primary N) is 1. The van der Waals surface area contributed by atoms with Crippen LogP contribution in [0.15, 0.2) is 42.9 Å². The predicted octanol–water partition coefficient (Wildman–Crippen LogP) is 2.84. The Labute approximate surface area is 194 Å². The highest BCUT2D eigenvalue weighted by Gasteiger charge is 2.24. The predicted molar refractivity (Wildman–Crippen MR) is 126 cm³/mol. The molecule has 4 aromatic rings. The zero-order chi connectivity index (χ0) is 22.9. The number of halogens is 1. The average molecular weight is 467 g/mol. The highest BCUT2D eigenvalue weighted by Crippen LogP contribution is 2.36. The Morgan fingerprint density at radius 1 is 1.39 bits per heavy atom. The minimum Gasteiger partial charge on any atom is -0.496 e. The fourth-order valence-corrected chi connectivity index (χ4v) is 4.29. The fourth-order valence-electron chi connectivity index (χ4n) is 4.12. The molecule has 33 heavy (non-hydrogen) atoms. The molecule has 11 heteroatoms. The molecule has 1 unspecified atom stereocenters. The van der Waals surface area contributed by atoms with Gasteiger partial charge in [-0.05, 0) is 43.7 Å². The maximum absolute atomic E-state index is 13.3. The summed E-state index contributed by atoms with van der Waals surface area (Å²) in [5, 5.41) is 15.9.